The molecule has 0 saturated carbocycles. The van der Waals surface area contributed by atoms with Crippen LogP contribution in [0.4, 0.5) is 5.69 Å². The maximum Gasteiger partial charge on any atom is 0.339 e. The molecule has 0 radical (unpaired) electrons. The van der Waals surface area contributed by atoms with E-state index in [1.807, 2.05) is 30.3 Å². The number of rotatable bonds is 6. The number of aryl methyl sites for hydroxylation is 1. The number of hydrogen-bond donors (Lipinski definition) is 1. The Morgan fingerprint density at radius 3 is 2.52 bits per heavy atom. The first-order valence-corrected chi connectivity index (χ1v) is 7.78. The quantitative estimate of drug-likeness (QED) is 0.811. The first-order valence-electron chi connectivity index (χ1n) is 7.40. The molecule has 0 fully saturated rings. The Labute approximate surface area is 140 Å². The van der Waals surface area contributed by atoms with Gasteiger partial charge in [0.05, 0.1) is 17.2 Å². The highest BCUT2D eigenvalue weighted by molar-refractivity contribution is 6.34. The minimum absolute atomic E-state index is 0.103. The number of nitrogens with one attached hydrogen (secondary N) is 1. The van der Waals surface area contributed by atoms with E-state index in [0.717, 1.165) is 5.56 Å². The van der Waals surface area contributed by atoms with Crippen LogP contribution >= 0.6 is 11.6 Å². The van der Waals surface area contributed by atoms with E-state index in [1.165, 1.54) is 0 Å². The van der Waals surface area contributed by atoms with E-state index < -0.39 is 5.97 Å². The Kier molecular flexibility index (Phi) is 6.18. The van der Waals surface area contributed by atoms with Crippen LogP contribution < -0.4 is 5.32 Å². The van der Waals surface area contributed by atoms with Crippen LogP contribution in [0.15, 0.2) is 48.5 Å². The van der Waals surface area contributed by atoms with Crippen molar-refractivity contribution in [3.8, 4) is 0 Å². The lowest BCUT2D eigenvalue weighted by Crippen LogP contribution is -2.13. The van der Waals surface area contributed by atoms with Gasteiger partial charge in [-0.2, -0.15) is 0 Å². The topological polar surface area (TPSA) is 55.4 Å². The van der Waals surface area contributed by atoms with Crippen LogP contribution in [0.5, 0.6) is 0 Å². The van der Waals surface area contributed by atoms with E-state index in [-0.39, 0.29) is 23.1 Å². The maximum absolute atomic E-state index is 12.0. The van der Waals surface area contributed by atoms with E-state index in [2.05, 4.69) is 5.32 Å². The fourth-order valence-electron chi connectivity index (χ4n) is 2.09. The van der Waals surface area contributed by atoms with Gasteiger partial charge in [0, 0.05) is 12.1 Å². The molecule has 2 aromatic rings. The van der Waals surface area contributed by atoms with Gasteiger partial charge in [-0.15, -0.1) is 0 Å². The second-order valence-corrected chi connectivity index (χ2v) is 5.36. The van der Waals surface area contributed by atoms with Crippen molar-refractivity contribution in [3.63, 3.8) is 0 Å². The van der Waals surface area contributed by atoms with Gasteiger partial charge in [0.25, 0.3) is 0 Å². The SMILES string of the molecule is CCOC(=O)c1ccc(NC(=O)CCc2ccccc2)cc1Cl. The van der Waals surface area contributed by atoms with Crippen molar-refractivity contribution in [2.75, 3.05) is 11.9 Å². The van der Waals surface area contributed by atoms with Gasteiger partial charge < -0.3 is 10.1 Å². The zero-order valence-corrected chi connectivity index (χ0v) is 13.6. The van der Waals surface area contributed by atoms with Crippen molar-refractivity contribution in [1.29, 1.82) is 0 Å². The first-order chi connectivity index (χ1) is 11.1. The summed E-state index contributed by atoms with van der Waals surface area (Å²) >= 11 is 6.06. The Hall–Kier alpha value is -2.33. The largest absolute Gasteiger partial charge is 0.462 e. The minimum atomic E-state index is -0.473. The molecule has 0 aliphatic rings. The summed E-state index contributed by atoms with van der Waals surface area (Å²) in [5, 5.41) is 3.03. The molecule has 0 aliphatic heterocycles. The standard InChI is InChI=1S/C18H18ClNO3/c1-2-23-18(22)15-10-9-14(12-16(15)19)20-17(21)11-8-13-6-4-3-5-7-13/h3-7,9-10,12H,2,8,11H2,1H3,(H,20,21). The number of benzene rings is 2. The van der Waals surface area contributed by atoms with Gasteiger partial charge in [0.2, 0.25) is 5.91 Å². The highest BCUT2D eigenvalue weighted by atomic mass is 35.5. The van der Waals surface area contributed by atoms with Crippen molar-refractivity contribution in [2.45, 2.75) is 19.8 Å². The van der Waals surface area contributed by atoms with Gasteiger partial charge in [-0.3, -0.25) is 4.79 Å². The van der Waals surface area contributed by atoms with E-state index in [4.69, 9.17) is 16.3 Å². The number of halogens is 1. The number of carbonyl (C=O) groups is 2. The maximum atomic E-state index is 12.0. The summed E-state index contributed by atoms with van der Waals surface area (Å²) in [7, 11) is 0. The molecule has 1 amide bonds. The molecule has 4 nitrogen and oxygen atoms in total. The van der Waals surface area contributed by atoms with Crippen molar-refractivity contribution in [3.05, 3.63) is 64.7 Å². The summed E-state index contributed by atoms with van der Waals surface area (Å²) in [5.41, 5.74) is 1.95. The van der Waals surface area contributed by atoms with Gasteiger partial charge >= 0.3 is 5.97 Å². The Morgan fingerprint density at radius 2 is 1.87 bits per heavy atom. The van der Waals surface area contributed by atoms with Crippen molar-refractivity contribution < 1.29 is 14.3 Å². The molecular formula is C18H18ClNO3. The second-order valence-electron chi connectivity index (χ2n) is 4.95. The molecule has 23 heavy (non-hydrogen) atoms. The van der Waals surface area contributed by atoms with E-state index in [1.54, 1.807) is 25.1 Å². The Bertz CT molecular complexity index is 686. The zero-order valence-electron chi connectivity index (χ0n) is 12.8. The summed E-state index contributed by atoms with van der Waals surface area (Å²) in [5.74, 6) is -0.576. The van der Waals surface area contributed by atoms with E-state index >= 15 is 0 Å². The van der Waals surface area contributed by atoms with Gasteiger partial charge in [-0.1, -0.05) is 41.9 Å². The number of ether oxygens (including phenoxy) is 1. The number of anilines is 1. The van der Waals surface area contributed by atoms with Crippen LogP contribution in [0, 0.1) is 0 Å². The monoisotopic (exact) mass is 331 g/mol. The number of carbonyl (C=O) groups excluding carboxylic acids is 2. The van der Waals surface area contributed by atoms with Crippen molar-refractivity contribution >= 4 is 29.2 Å². The van der Waals surface area contributed by atoms with Crippen LogP contribution in [0.2, 0.25) is 5.02 Å². The summed E-state index contributed by atoms with van der Waals surface area (Å²) in [4.78, 5) is 23.6. The zero-order chi connectivity index (χ0) is 16.7. The van der Waals surface area contributed by atoms with Gasteiger partial charge in [-0.25, -0.2) is 4.79 Å². The Balaban J connectivity index is 1.93. The average molecular weight is 332 g/mol. The molecule has 2 aromatic carbocycles. The molecule has 0 aromatic heterocycles. The molecule has 0 atom stereocenters. The normalized spacial score (nSPS) is 10.2. The number of esters is 1. The lowest BCUT2D eigenvalue weighted by Gasteiger charge is -2.08. The second kappa shape index (κ2) is 8.34. The van der Waals surface area contributed by atoms with Gasteiger partial charge in [0.1, 0.15) is 0 Å². The third-order valence-corrected chi connectivity index (χ3v) is 3.54. The molecule has 0 heterocycles. The smallest absolute Gasteiger partial charge is 0.339 e. The minimum Gasteiger partial charge on any atom is -0.462 e. The lowest BCUT2D eigenvalue weighted by atomic mass is 10.1. The highest BCUT2D eigenvalue weighted by Crippen LogP contribution is 2.22. The molecule has 0 unspecified atom stereocenters. The molecule has 1 N–H and O–H groups in total. The summed E-state index contributed by atoms with van der Waals surface area (Å²) < 4.78 is 4.91. The van der Waals surface area contributed by atoms with E-state index in [9.17, 15) is 9.59 Å². The predicted octanol–water partition coefficient (Wildman–Crippen LogP) is 4.09. The molecule has 0 aliphatic carbocycles. The molecule has 0 bridgehead atoms. The third kappa shape index (κ3) is 5.11. The van der Waals surface area contributed by atoms with Gasteiger partial charge in [0.15, 0.2) is 0 Å². The molecule has 2 rings (SSSR count). The van der Waals surface area contributed by atoms with Crippen molar-refractivity contribution in [2.24, 2.45) is 0 Å². The van der Waals surface area contributed by atoms with Gasteiger partial charge in [-0.05, 0) is 37.1 Å². The molecule has 5 heteroatoms. The van der Waals surface area contributed by atoms with Crippen LogP contribution in [-0.4, -0.2) is 18.5 Å². The van der Waals surface area contributed by atoms with Crippen LogP contribution in [0.3, 0.4) is 0 Å². The summed E-state index contributed by atoms with van der Waals surface area (Å²) in [6.45, 7) is 2.01. The fourth-order valence-corrected chi connectivity index (χ4v) is 2.35. The molecular weight excluding hydrogens is 314 g/mol. The fraction of sp³-hybridized carbons (Fsp3) is 0.222. The first kappa shape index (κ1) is 17.0. The molecule has 0 spiro atoms. The number of amides is 1. The molecule has 0 saturated heterocycles. The molecule has 120 valence electrons. The third-order valence-electron chi connectivity index (χ3n) is 3.23. The van der Waals surface area contributed by atoms with Crippen molar-refractivity contribution in [1.82, 2.24) is 0 Å². The lowest BCUT2D eigenvalue weighted by molar-refractivity contribution is -0.116. The summed E-state index contributed by atoms with van der Waals surface area (Å²) in [6.07, 6.45) is 1.04. The summed E-state index contributed by atoms with van der Waals surface area (Å²) in [6, 6.07) is 14.5. The van der Waals surface area contributed by atoms with E-state index in [0.29, 0.717) is 18.5 Å². The average Bonchev–Trinajstić information content (AvgIpc) is 2.54. The van der Waals surface area contributed by atoms with Crippen LogP contribution in [-0.2, 0) is 16.0 Å². The number of hydrogen-bond acceptors (Lipinski definition) is 3. The predicted molar refractivity (Wildman–Crippen MR) is 90.8 cm³/mol. The van der Waals surface area contributed by atoms with Crippen LogP contribution in [0.1, 0.15) is 29.3 Å². The highest BCUT2D eigenvalue weighted by Gasteiger charge is 2.12. The van der Waals surface area contributed by atoms with Crippen LogP contribution in [0.25, 0.3) is 0 Å². The Morgan fingerprint density at radius 1 is 1.13 bits per heavy atom.